The van der Waals surface area contributed by atoms with E-state index in [0.29, 0.717) is 12.0 Å². The molecule has 1 atom stereocenters. The number of ether oxygens (including phenoxy) is 1. The summed E-state index contributed by atoms with van der Waals surface area (Å²) in [6.07, 6.45) is 2.27. The Labute approximate surface area is 88.5 Å². The second-order valence-corrected chi connectivity index (χ2v) is 3.63. The van der Waals surface area contributed by atoms with Gasteiger partial charge in [-0.25, -0.2) is 4.79 Å². The second kappa shape index (κ2) is 3.51. The molecule has 0 spiro atoms. The lowest BCUT2D eigenvalue weighted by atomic mass is 9.89. The van der Waals surface area contributed by atoms with Gasteiger partial charge in [-0.05, 0) is 6.07 Å². The van der Waals surface area contributed by atoms with E-state index in [1.54, 1.807) is 12.1 Å². The fraction of sp³-hybridized carbons (Fsp3) is 0.250. The Balaban J connectivity index is 2.54. The molecule has 0 bridgehead atoms. The number of benzene rings is 1. The van der Waals surface area contributed by atoms with Crippen LogP contribution in [0.5, 0.6) is 0 Å². The molecule has 1 aliphatic heterocycles. The molecule has 0 radical (unpaired) electrons. The predicted molar refractivity (Wildman–Crippen MR) is 57.4 cm³/mol. The summed E-state index contributed by atoms with van der Waals surface area (Å²) in [6.45, 7) is 3.95. The number of carbonyl (C=O) groups excluding carboxylic acids is 1. The van der Waals surface area contributed by atoms with Crippen molar-refractivity contribution in [2.45, 2.75) is 12.0 Å². The molecule has 0 saturated heterocycles. The molecule has 1 heterocycles. The molecular formula is C12H13NO2. The standard InChI is InChI=1S/C12H13NO2/c1-2-7-12(8-13)10-6-4-3-5-9(10)11(14)15-12/h2-6H,1,7-8,13H2. The number of hydrogen-bond donors (Lipinski definition) is 1. The number of nitrogens with two attached hydrogens (primary N) is 1. The topological polar surface area (TPSA) is 52.3 Å². The summed E-state index contributed by atoms with van der Waals surface area (Å²) in [4.78, 5) is 11.6. The van der Waals surface area contributed by atoms with Gasteiger partial charge in [0, 0.05) is 18.5 Å². The van der Waals surface area contributed by atoms with Crippen LogP contribution < -0.4 is 5.73 Å². The van der Waals surface area contributed by atoms with Crippen molar-refractivity contribution in [3.05, 3.63) is 48.0 Å². The second-order valence-electron chi connectivity index (χ2n) is 3.63. The van der Waals surface area contributed by atoms with Gasteiger partial charge in [0.1, 0.15) is 0 Å². The van der Waals surface area contributed by atoms with Crippen molar-refractivity contribution in [3.63, 3.8) is 0 Å². The number of esters is 1. The first-order chi connectivity index (χ1) is 7.23. The Hall–Kier alpha value is -1.61. The van der Waals surface area contributed by atoms with Gasteiger partial charge in [-0.1, -0.05) is 24.3 Å². The molecule has 0 saturated carbocycles. The Bertz CT molecular complexity index is 414. The van der Waals surface area contributed by atoms with Crippen molar-refractivity contribution in [3.8, 4) is 0 Å². The van der Waals surface area contributed by atoms with Gasteiger partial charge in [-0.15, -0.1) is 6.58 Å². The van der Waals surface area contributed by atoms with E-state index in [0.717, 1.165) is 5.56 Å². The maximum atomic E-state index is 11.6. The van der Waals surface area contributed by atoms with E-state index in [1.165, 1.54) is 0 Å². The predicted octanol–water partition coefficient (Wildman–Crippen LogP) is 1.59. The van der Waals surface area contributed by atoms with Crippen LogP contribution in [0.1, 0.15) is 22.3 Å². The quantitative estimate of drug-likeness (QED) is 0.599. The van der Waals surface area contributed by atoms with Gasteiger partial charge in [-0.2, -0.15) is 0 Å². The van der Waals surface area contributed by atoms with Crippen molar-refractivity contribution in [1.82, 2.24) is 0 Å². The van der Waals surface area contributed by atoms with Crippen LogP contribution in [0.25, 0.3) is 0 Å². The average molecular weight is 203 g/mol. The Kier molecular flexibility index (Phi) is 2.32. The first-order valence-corrected chi connectivity index (χ1v) is 4.87. The largest absolute Gasteiger partial charge is 0.449 e. The zero-order valence-corrected chi connectivity index (χ0v) is 8.40. The maximum absolute atomic E-state index is 11.6. The summed E-state index contributed by atoms with van der Waals surface area (Å²) in [5, 5.41) is 0. The molecule has 1 aliphatic rings. The molecule has 0 aliphatic carbocycles. The zero-order valence-electron chi connectivity index (χ0n) is 8.40. The number of cyclic esters (lactones) is 1. The van der Waals surface area contributed by atoms with Crippen molar-refractivity contribution < 1.29 is 9.53 Å². The molecule has 2 rings (SSSR count). The Morgan fingerprint density at radius 1 is 1.47 bits per heavy atom. The molecule has 0 amide bonds. The molecule has 3 nitrogen and oxygen atoms in total. The molecule has 1 unspecified atom stereocenters. The first-order valence-electron chi connectivity index (χ1n) is 4.87. The zero-order chi connectivity index (χ0) is 10.9. The van der Waals surface area contributed by atoms with Gasteiger partial charge in [0.15, 0.2) is 5.60 Å². The summed E-state index contributed by atoms with van der Waals surface area (Å²) >= 11 is 0. The van der Waals surface area contributed by atoms with Crippen LogP contribution in [0.4, 0.5) is 0 Å². The van der Waals surface area contributed by atoms with E-state index in [-0.39, 0.29) is 12.5 Å². The van der Waals surface area contributed by atoms with Crippen LogP contribution in [0.15, 0.2) is 36.9 Å². The van der Waals surface area contributed by atoms with Crippen LogP contribution >= 0.6 is 0 Å². The molecule has 0 fully saturated rings. The molecule has 3 heteroatoms. The van der Waals surface area contributed by atoms with Crippen molar-refractivity contribution >= 4 is 5.97 Å². The van der Waals surface area contributed by atoms with E-state index in [4.69, 9.17) is 10.5 Å². The van der Waals surface area contributed by atoms with Crippen LogP contribution in [0.3, 0.4) is 0 Å². The first kappa shape index (κ1) is 9.93. The third-order valence-corrected chi connectivity index (χ3v) is 2.73. The highest BCUT2D eigenvalue weighted by Gasteiger charge is 2.43. The smallest absolute Gasteiger partial charge is 0.339 e. The van der Waals surface area contributed by atoms with Gasteiger partial charge >= 0.3 is 5.97 Å². The van der Waals surface area contributed by atoms with Crippen LogP contribution in [-0.4, -0.2) is 12.5 Å². The highest BCUT2D eigenvalue weighted by atomic mass is 16.6. The number of hydrogen-bond acceptors (Lipinski definition) is 3. The van der Waals surface area contributed by atoms with E-state index >= 15 is 0 Å². The highest BCUT2D eigenvalue weighted by molar-refractivity contribution is 5.94. The van der Waals surface area contributed by atoms with Gasteiger partial charge in [0.05, 0.1) is 5.56 Å². The molecular weight excluding hydrogens is 190 g/mol. The third-order valence-electron chi connectivity index (χ3n) is 2.73. The lowest BCUT2D eigenvalue weighted by Crippen LogP contribution is -2.34. The normalized spacial score (nSPS) is 23.4. The highest BCUT2D eigenvalue weighted by Crippen LogP contribution is 2.38. The number of rotatable bonds is 3. The third kappa shape index (κ3) is 1.36. The maximum Gasteiger partial charge on any atom is 0.339 e. The molecule has 0 aromatic heterocycles. The Morgan fingerprint density at radius 3 is 2.87 bits per heavy atom. The fourth-order valence-electron chi connectivity index (χ4n) is 1.97. The van der Waals surface area contributed by atoms with Crippen molar-refractivity contribution in [2.75, 3.05) is 6.54 Å². The summed E-state index contributed by atoms with van der Waals surface area (Å²) in [5.74, 6) is -0.294. The van der Waals surface area contributed by atoms with E-state index in [2.05, 4.69) is 6.58 Å². The number of fused-ring (bicyclic) bond motifs is 1. The SMILES string of the molecule is C=CCC1(CN)OC(=O)c2ccccc21. The minimum Gasteiger partial charge on any atom is -0.449 e. The molecule has 15 heavy (non-hydrogen) atoms. The molecule has 78 valence electrons. The lowest BCUT2D eigenvalue weighted by Gasteiger charge is -2.25. The van der Waals surface area contributed by atoms with Crippen LogP contribution in [0, 0.1) is 0 Å². The molecule has 2 N–H and O–H groups in total. The van der Waals surface area contributed by atoms with E-state index in [1.807, 2.05) is 18.2 Å². The van der Waals surface area contributed by atoms with Gasteiger partial charge < -0.3 is 10.5 Å². The van der Waals surface area contributed by atoms with Gasteiger partial charge in [0.2, 0.25) is 0 Å². The molecule has 1 aromatic carbocycles. The van der Waals surface area contributed by atoms with E-state index < -0.39 is 5.60 Å². The summed E-state index contributed by atoms with van der Waals surface area (Å²) in [5.41, 5.74) is 6.50. The van der Waals surface area contributed by atoms with Crippen molar-refractivity contribution in [2.24, 2.45) is 5.73 Å². The van der Waals surface area contributed by atoms with E-state index in [9.17, 15) is 4.79 Å². The van der Waals surface area contributed by atoms with Crippen LogP contribution in [-0.2, 0) is 10.3 Å². The fourth-order valence-corrected chi connectivity index (χ4v) is 1.97. The number of carbonyl (C=O) groups is 1. The van der Waals surface area contributed by atoms with Gasteiger partial charge in [-0.3, -0.25) is 0 Å². The average Bonchev–Trinajstić information content (AvgIpc) is 2.55. The summed E-state index contributed by atoms with van der Waals surface area (Å²) < 4.78 is 5.37. The molecule has 1 aromatic rings. The minimum atomic E-state index is -0.699. The Morgan fingerprint density at radius 2 is 2.20 bits per heavy atom. The van der Waals surface area contributed by atoms with Crippen molar-refractivity contribution in [1.29, 1.82) is 0 Å². The lowest BCUT2D eigenvalue weighted by molar-refractivity contribution is -0.00244. The van der Waals surface area contributed by atoms with Gasteiger partial charge in [0.25, 0.3) is 0 Å². The monoisotopic (exact) mass is 203 g/mol. The minimum absolute atomic E-state index is 0.280. The summed E-state index contributed by atoms with van der Waals surface area (Å²) in [7, 11) is 0. The van der Waals surface area contributed by atoms with Crippen LogP contribution in [0.2, 0.25) is 0 Å². The summed E-state index contributed by atoms with van der Waals surface area (Å²) in [6, 6.07) is 7.35.